The van der Waals surface area contributed by atoms with Crippen LogP contribution in [0.5, 0.6) is 0 Å². The highest BCUT2D eigenvalue weighted by molar-refractivity contribution is 7.78. The van der Waals surface area contributed by atoms with E-state index >= 15 is 0 Å². The third kappa shape index (κ3) is 4.03. The number of hydrogen-bond acceptors (Lipinski definition) is 2. The van der Waals surface area contributed by atoms with Gasteiger partial charge < -0.3 is 9.46 Å². The monoisotopic (exact) mass is 349 g/mol. The zero-order valence-corrected chi connectivity index (χ0v) is 15.7. The second kappa shape index (κ2) is 7.72. The summed E-state index contributed by atoms with van der Waals surface area (Å²) >= 11 is 0. The molecule has 3 rings (SSSR count). The van der Waals surface area contributed by atoms with Gasteiger partial charge in [0, 0.05) is 36.6 Å². The quantitative estimate of drug-likeness (QED) is 0.618. The summed E-state index contributed by atoms with van der Waals surface area (Å²) in [7, 11) is 1.44. The number of nitrogens with zero attached hydrogens (tertiary/aromatic N) is 1. The Morgan fingerprint density at radius 2 is 1.20 bits per heavy atom. The highest BCUT2D eigenvalue weighted by Crippen LogP contribution is 2.43. The minimum Gasteiger partial charge on any atom is -0.378 e. The molecular formula is C22H24NOP. The highest BCUT2D eigenvalue weighted by atomic mass is 31.2. The molecule has 0 spiro atoms. The first-order valence-corrected chi connectivity index (χ1v) is 10.5. The molecule has 0 amide bonds. The van der Waals surface area contributed by atoms with E-state index in [9.17, 15) is 4.57 Å². The predicted octanol–water partition coefficient (Wildman–Crippen LogP) is 4.31. The molecule has 2 nitrogen and oxygen atoms in total. The van der Waals surface area contributed by atoms with E-state index in [0.717, 1.165) is 17.0 Å². The summed E-state index contributed by atoms with van der Waals surface area (Å²) in [5, 5.41) is 1.87. The second-order valence-electron chi connectivity index (χ2n) is 6.45. The molecule has 0 radical (unpaired) electrons. The van der Waals surface area contributed by atoms with Gasteiger partial charge in [0.25, 0.3) is 0 Å². The lowest BCUT2D eigenvalue weighted by Crippen LogP contribution is -2.19. The van der Waals surface area contributed by atoms with E-state index < -0.39 is 7.14 Å². The van der Waals surface area contributed by atoms with Crippen LogP contribution in [-0.2, 0) is 11.0 Å². The van der Waals surface area contributed by atoms with Gasteiger partial charge in [0.05, 0.1) is 0 Å². The fourth-order valence-electron chi connectivity index (χ4n) is 2.99. The van der Waals surface area contributed by atoms with Crippen molar-refractivity contribution in [3.8, 4) is 0 Å². The van der Waals surface area contributed by atoms with Crippen molar-refractivity contribution < 1.29 is 4.57 Å². The molecule has 0 saturated heterocycles. The van der Waals surface area contributed by atoms with Crippen molar-refractivity contribution in [1.82, 2.24) is 0 Å². The van der Waals surface area contributed by atoms with E-state index in [2.05, 4.69) is 29.2 Å². The molecule has 128 valence electrons. The molecule has 0 atom stereocenters. The van der Waals surface area contributed by atoms with Crippen LogP contribution in [0.1, 0.15) is 5.56 Å². The molecule has 3 heteroatoms. The standard InChI is InChI=1S/C22H24NOP/c1-23(2)20-15-13-19(14-16-20)17-18-25(24,21-9-5-3-6-10-21)22-11-7-4-8-12-22/h3-16H,17-18H2,1-2H3. The molecule has 0 aliphatic heterocycles. The van der Waals surface area contributed by atoms with Crippen LogP contribution in [0.15, 0.2) is 84.9 Å². The van der Waals surface area contributed by atoms with Crippen LogP contribution >= 0.6 is 7.14 Å². The van der Waals surface area contributed by atoms with Crippen molar-refractivity contribution in [1.29, 1.82) is 0 Å². The van der Waals surface area contributed by atoms with Crippen molar-refractivity contribution in [2.45, 2.75) is 6.42 Å². The second-order valence-corrected chi connectivity index (χ2v) is 9.40. The normalized spacial score (nSPS) is 11.3. The molecule has 0 unspecified atom stereocenters. The van der Waals surface area contributed by atoms with Gasteiger partial charge in [0.2, 0.25) is 0 Å². The molecule has 3 aromatic carbocycles. The Kier molecular flexibility index (Phi) is 5.40. The van der Waals surface area contributed by atoms with Gasteiger partial charge in [-0.05, 0) is 24.1 Å². The van der Waals surface area contributed by atoms with Crippen LogP contribution in [0.2, 0.25) is 0 Å². The van der Waals surface area contributed by atoms with E-state index in [1.807, 2.05) is 74.8 Å². The topological polar surface area (TPSA) is 20.3 Å². The Hall–Kier alpha value is -2.31. The number of anilines is 1. The van der Waals surface area contributed by atoms with Crippen LogP contribution < -0.4 is 15.5 Å². The first-order chi connectivity index (χ1) is 12.1. The summed E-state index contributed by atoms with van der Waals surface area (Å²) in [5.74, 6) is 0. The predicted molar refractivity (Wildman–Crippen MR) is 109 cm³/mol. The fourth-order valence-corrected chi connectivity index (χ4v) is 5.69. The Morgan fingerprint density at radius 1 is 0.720 bits per heavy atom. The first-order valence-electron chi connectivity index (χ1n) is 8.56. The first kappa shape index (κ1) is 17.5. The molecule has 0 N–H and O–H groups in total. The molecule has 0 bridgehead atoms. The van der Waals surface area contributed by atoms with E-state index in [0.29, 0.717) is 6.16 Å². The summed E-state index contributed by atoms with van der Waals surface area (Å²) in [4.78, 5) is 2.09. The Labute approximate surface area is 150 Å². The lowest BCUT2D eigenvalue weighted by Gasteiger charge is -2.20. The van der Waals surface area contributed by atoms with Crippen molar-refractivity contribution >= 4 is 23.4 Å². The maximum atomic E-state index is 14.0. The Balaban J connectivity index is 1.87. The van der Waals surface area contributed by atoms with Crippen molar-refractivity contribution in [2.75, 3.05) is 25.2 Å². The number of rotatable bonds is 6. The summed E-state index contributed by atoms with van der Waals surface area (Å²) < 4.78 is 14.0. The zero-order valence-electron chi connectivity index (χ0n) is 14.8. The van der Waals surface area contributed by atoms with Gasteiger partial charge in [-0.25, -0.2) is 0 Å². The lowest BCUT2D eigenvalue weighted by molar-refractivity contribution is 0.586. The minimum absolute atomic E-state index is 0.641. The van der Waals surface area contributed by atoms with Gasteiger partial charge >= 0.3 is 0 Å². The smallest absolute Gasteiger partial charge is 0.143 e. The van der Waals surface area contributed by atoms with Crippen molar-refractivity contribution in [3.63, 3.8) is 0 Å². The number of aryl methyl sites for hydroxylation is 1. The van der Waals surface area contributed by atoms with E-state index in [4.69, 9.17) is 0 Å². The molecule has 0 saturated carbocycles. The number of benzene rings is 3. The summed E-state index contributed by atoms with van der Waals surface area (Å²) in [6.45, 7) is 0. The van der Waals surface area contributed by atoms with Crippen LogP contribution in [0.25, 0.3) is 0 Å². The number of hydrogen-bond donors (Lipinski definition) is 0. The molecule has 0 fully saturated rings. The van der Waals surface area contributed by atoms with Crippen molar-refractivity contribution in [3.05, 3.63) is 90.5 Å². The third-order valence-corrected chi connectivity index (χ3v) is 7.63. The maximum Gasteiger partial charge on any atom is 0.143 e. The Morgan fingerprint density at radius 3 is 1.64 bits per heavy atom. The lowest BCUT2D eigenvalue weighted by atomic mass is 10.1. The van der Waals surface area contributed by atoms with Crippen LogP contribution in [-0.4, -0.2) is 20.3 Å². The van der Waals surface area contributed by atoms with Crippen molar-refractivity contribution in [2.24, 2.45) is 0 Å². The van der Waals surface area contributed by atoms with E-state index in [1.54, 1.807) is 0 Å². The average molecular weight is 349 g/mol. The SMILES string of the molecule is CN(C)c1ccc(CCP(=O)(c2ccccc2)c2ccccc2)cc1. The van der Waals surface area contributed by atoms with Gasteiger partial charge in [0.15, 0.2) is 0 Å². The molecule has 0 heterocycles. The largest absolute Gasteiger partial charge is 0.378 e. The van der Waals surface area contributed by atoms with Crippen LogP contribution in [0.4, 0.5) is 5.69 Å². The Bertz CT molecular complexity index is 799. The molecule has 0 aliphatic carbocycles. The van der Waals surface area contributed by atoms with Crippen LogP contribution in [0.3, 0.4) is 0 Å². The van der Waals surface area contributed by atoms with Gasteiger partial charge in [-0.1, -0.05) is 72.8 Å². The van der Waals surface area contributed by atoms with Gasteiger partial charge in [-0.2, -0.15) is 0 Å². The molecule has 0 aromatic heterocycles. The zero-order chi connectivity index (χ0) is 17.7. The molecule has 25 heavy (non-hydrogen) atoms. The summed E-state index contributed by atoms with van der Waals surface area (Å²) in [5.41, 5.74) is 2.40. The van der Waals surface area contributed by atoms with Crippen LogP contribution in [0, 0.1) is 0 Å². The van der Waals surface area contributed by atoms with E-state index in [1.165, 1.54) is 11.3 Å². The average Bonchev–Trinajstić information content (AvgIpc) is 2.68. The van der Waals surface area contributed by atoms with E-state index in [-0.39, 0.29) is 0 Å². The van der Waals surface area contributed by atoms with Gasteiger partial charge in [0.1, 0.15) is 7.14 Å². The highest BCUT2D eigenvalue weighted by Gasteiger charge is 2.26. The van der Waals surface area contributed by atoms with Gasteiger partial charge in [-0.3, -0.25) is 0 Å². The summed E-state index contributed by atoms with van der Waals surface area (Å²) in [6.07, 6.45) is 1.44. The fraction of sp³-hybridized carbons (Fsp3) is 0.182. The third-order valence-electron chi connectivity index (χ3n) is 4.51. The maximum absolute atomic E-state index is 14.0. The minimum atomic E-state index is -2.63. The molecular weight excluding hydrogens is 325 g/mol. The summed E-state index contributed by atoms with van der Waals surface area (Å²) in [6, 6.07) is 28.3. The van der Waals surface area contributed by atoms with Gasteiger partial charge in [-0.15, -0.1) is 0 Å². The molecule has 0 aliphatic rings. The molecule has 3 aromatic rings.